The minimum absolute atomic E-state index is 0.0641. The van der Waals surface area contributed by atoms with Gasteiger partial charge in [-0.15, -0.1) is 0 Å². The number of nitrogens with two attached hydrogens (primary N) is 1. The molecular formula is C13H18N2O3. The van der Waals surface area contributed by atoms with E-state index in [4.69, 9.17) is 15.2 Å². The Morgan fingerprint density at radius 3 is 2.94 bits per heavy atom. The molecule has 1 aromatic carbocycles. The predicted molar refractivity (Wildman–Crippen MR) is 68.6 cm³/mol. The molecule has 0 heterocycles. The number of anilines is 1. The van der Waals surface area contributed by atoms with Crippen LogP contribution in [0.5, 0.6) is 5.75 Å². The number of methoxy groups -OCH3 is 1. The lowest BCUT2D eigenvalue weighted by Gasteiger charge is -2.31. The summed E-state index contributed by atoms with van der Waals surface area (Å²) in [5, 5.41) is 2.76. The van der Waals surface area contributed by atoms with Gasteiger partial charge in [-0.1, -0.05) is 6.07 Å². The van der Waals surface area contributed by atoms with Gasteiger partial charge in [-0.05, 0) is 25.0 Å². The van der Waals surface area contributed by atoms with Crippen LogP contribution >= 0.6 is 0 Å². The number of nitrogens with one attached hydrogen (secondary N) is 1. The van der Waals surface area contributed by atoms with Crippen molar-refractivity contribution in [2.45, 2.75) is 25.0 Å². The zero-order valence-corrected chi connectivity index (χ0v) is 10.4. The first kappa shape index (κ1) is 12.9. The van der Waals surface area contributed by atoms with Gasteiger partial charge in [0.25, 0.3) is 0 Å². The molecule has 0 spiro atoms. The molecule has 0 radical (unpaired) electrons. The maximum atomic E-state index is 11.6. The molecule has 1 aliphatic rings. The molecular weight excluding hydrogens is 232 g/mol. The van der Waals surface area contributed by atoms with Crippen molar-refractivity contribution in [3.63, 3.8) is 0 Å². The number of hydrogen-bond acceptors (Lipinski definition) is 4. The van der Waals surface area contributed by atoms with E-state index in [2.05, 4.69) is 5.32 Å². The van der Waals surface area contributed by atoms with E-state index >= 15 is 0 Å². The highest BCUT2D eigenvalue weighted by Crippen LogP contribution is 2.21. The highest BCUT2D eigenvalue weighted by molar-refractivity contribution is 5.91. The number of carbonyl (C=O) groups excluding carboxylic acids is 1. The molecule has 5 heteroatoms. The standard InChI is InChI=1S/C13H18N2O3/c1-17-11-4-2-3-10(7-11)15-13(16)8-18-12-5-9(14)6-12/h2-4,7,9,12H,5-6,8,14H2,1H3,(H,15,16). The molecule has 0 aliphatic heterocycles. The van der Waals surface area contributed by atoms with Crippen LogP contribution in [0.25, 0.3) is 0 Å². The van der Waals surface area contributed by atoms with Gasteiger partial charge < -0.3 is 20.5 Å². The van der Waals surface area contributed by atoms with E-state index in [0.717, 1.165) is 12.8 Å². The summed E-state index contributed by atoms with van der Waals surface area (Å²) >= 11 is 0. The number of carbonyl (C=O) groups is 1. The molecule has 0 atom stereocenters. The SMILES string of the molecule is COc1cccc(NC(=O)COC2CC(N)C2)c1. The van der Waals surface area contributed by atoms with Crippen molar-refractivity contribution in [2.75, 3.05) is 19.0 Å². The van der Waals surface area contributed by atoms with E-state index in [1.54, 1.807) is 19.2 Å². The summed E-state index contributed by atoms with van der Waals surface area (Å²) in [5.74, 6) is 0.544. The van der Waals surface area contributed by atoms with Crippen molar-refractivity contribution in [2.24, 2.45) is 5.73 Å². The van der Waals surface area contributed by atoms with Gasteiger partial charge in [-0.2, -0.15) is 0 Å². The van der Waals surface area contributed by atoms with Crippen LogP contribution in [0, 0.1) is 0 Å². The first-order chi connectivity index (χ1) is 8.67. The van der Waals surface area contributed by atoms with Crippen LogP contribution in [0.4, 0.5) is 5.69 Å². The molecule has 1 aromatic rings. The van der Waals surface area contributed by atoms with Crippen molar-refractivity contribution < 1.29 is 14.3 Å². The minimum Gasteiger partial charge on any atom is -0.497 e. The Bertz CT molecular complexity index is 416. The smallest absolute Gasteiger partial charge is 0.250 e. The number of hydrogen-bond donors (Lipinski definition) is 2. The van der Waals surface area contributed by atoms with E-state index in [-0.39, 0.29) is 24.7 Å². The zero-order chi connectivity index (χ0) is 13.0. The molecule has 1 saturated carbocycles. The highest BCUT2D eigenvalue weighted by Gasteiger charge is 2.26. The van der Waals surface area contributed by atoms with Crippen LogP contribution in [0.1, 0.15) is 12.8 Å². The molecule has 1 fully saturated rings. The van der Waals surface area contributed by atoms with Crippen molar-refractivity contribution >= 4 is 11.6 Å². The van der Waals surface area contributed by atoms with Gasteiger partial charge in [-0.25, -0.2) is 0 Å². The maximum Gasteiger partial charge on any atom is 0.250 e. The third-order valence-corrected chi connectivity index (χ3v) is 2.93. The Balaban J connectivity index is 1.76. The molecule has 98 valence electrons. The van der Waals surface area contributed by atoms with Gasteiger partial charge in [0.15, 0.2) is 0 Å². The minimum atomic E-state index is -0.163. The molecule has 0 aromatic heterocycles. The van der Waals surface area contributed by atoms with Crippen LogP contribution in [-0.4, -0.2) is 31.8 Å². The van der Waals surface area contributed by atoms with E-state index in [1.165, 1.54) is 0 Å². The summed E-state index contributed by atoms with van der Waals surface area (Å²) in [6.45, 7) is 0.0641. The van der Waals surface area contributed by atoms with Crippen LogP contribution in [0.3, 0.4) is 0 Å². The Kier molecular flexibility index (Phi) is 4.17. The molecule has 0 bridgehead atoms. The quantitative estimate of drug-likeness (QED) is 0.822. The Morgan fingerprint density at radius 2 is 2.28 bits per heavy atom. The van der Waals surface area contributed by atoms with Crippen molar-refractivity contribution in [3.8, 4) is 5.75 Å². The Morgan fingerprint density at radius 1 is 1.50 bits per heavy atom. The van der Waals surface area contributed by atoms with E-state index in [1.807, 2.05) is 12.1 Å². The molecule has 1 aliphatic carbocycles. The van der Waals surface area contributed by atoms with E-state index in [9.17, 15) is 4.79 Å². The monoisotopic (exact) mass is 250 g/mol. The summed E-state index contributed by atoms with van der Waals surface area (Å²) in [6.07, 6.45) is 1.81. The van der Waals surface area contributed by atoms with Gasteiger partial charge in [0.05, 0.1) is 13.2 Å². The van der Waals surface area contributed by atoms with Gasteiger partial charge in [0.2, 0.25) is 5.91 Å². The van der Waals surface area contributed by atoms with Gasteiger partial charge in [0, 0.05) is 17.8 Å². The fourth-order valence-electron chi connectivity index (χ4n) is 1.83. The summed E-state index contributed by atoms with van der Waals surface area (Å²) in [5.41, 5.74) is 6.34. The van der Waals surface area contributed by atoms with Crippen molar-refractivity contribution in [1.82, 2.24) is 0 Å². The lowest BCUT2D eigenvalue weighted by molar-refractivity contribution is -0.124. The number of benzene rings is 1. The number of rotatable bonds is 5. The lowest BCUT2D eigenvalue weighted by atomic mass is 9.90. The average Bonchev–Trinajstić information content (AvgIpc) is 2.33. The Labute approximate surface area is 106 Å². The second-order valence-corrected chi connectivity index (χ2v) is 4.44. The fourth-order valence-corrected chi connectivity index (χ4v) is 1.83. The van der Waals surface area contributed by atoms with Crippen molar-refractivity contribution in [1.29, 1.82) is 0 Å². The molecule has 18 heavy (non-hydrogen) atoms. The molecule has 0 saturated heterocycles. The largest absolute Gasteiger partial charge is 0.497 e. The first-order valence-corrected chi connectivity index (χ1v) is 5.98. The molecule has 1 amide bonds. The second kappa shape index (κ2) is 5.84. The normalized spacial score (nSPS) is 22.1. The second-order valence-electron chi connectivity index (χ2n) is 4.44. The van der Waals surface area contributed by atoms with Crippen molar-refractivity contribution in [3.05, 3.63) is 24.3 Å². The average molecular weight is 250 g/mol. The van der Waals surface area contributed by atoms with Crippen LogP contribution < -0.4 is 15.8 Å². The summed E-state index contributed by atoms with van der Waals surface area (Å²) in [7, 11) is 1.59. The molecule has 3 N–H and O–H groups in total. The van der Waals surface area contributed by atoms with E-state index < -0.39 is 0 Å². The van der Waals surface area contributed by atoms with Gasteiger partial charge in [-0.3, -0.25) is 4.79 Å². The summed E-state index contributed by atoms with van der Waals surface area (Å²) in [4.78, 5) is 11.6. The topological polar surface area (TPSA) is 73.6 Å². The summed E-state index contributed by atoms with van der Waals surface area (Å²) in [6, 6.07) is 7.44. The number of amides is 1. The molecule has 2 rings (SSSR count). The lowest BCUT2D eigenvalue weighted by Crippen LogP contribution is -2.42. The third-order valence-electron chi connectivity index (χ3n) is 2.93. The Hall–Kier alpha value is -1.59. The van der Waals surface area contributed by atoms with Gasteiger partial charge >= 0.3 is 0 Å². The molecule has 5 nitrogen and oxygen atoms in total. The predicted octanol–water partition coefficient (Wildman–Crippen LogP) is 1.14. The van der Waals surface area contributed by atoms with Gasteiger partial charge in [0.1, 0.15) is 12.4 Å². The maximum absolute atomic E-state index is 11.6. The van der Waals surface area contributed by atoms with E-state index in [0.29, 0.717) is 11.4 Å². The third kappa shape index (κ3) is 3.45. The first-order valence-electron chi connectivity index (χ1n) is 5.98. The molecule has 0 unspecified atom stereocenters. The van der Waals surface area contributed by atoms with Crippen LogP contribution in [0.15, 0.2) is 24.3 Å². The number of ether oxygens (including phenoxy) is 2. The highest BCUT2D eigenvalue weighted by atomic mass is 16.5. The van der Waals surface area contributed by atoms with Crippen LogP contribution in [-0.2, 0) is 9.53 Å². The summed E-state index contributed by atoms with van der Waals surface area (Å²) < 4.78 is 10.5. The van der Waals surface area contributed by atoms with Crippen LogP contribution in [0.2, 0.25) is 0 Å². The zero-order valence-electron chi connectivity index (χ0n) is 10.4. The fraction of sp³-hybridized carbons (Fsp3) is 0.462.